The summed E-state index contributed by atoms with van der Waals surface area (Å²) in [7, 11) is 0. The van der Waals surface area contributed by atoms with Crippen molar-refractivity contribution < 1.29 is 9.53 Å². The van der Waals surface area contributed by atoms with Crippen LogP contribution in [0.25, 0.3) is 0 Å². The molecule has 0 unspecified atom stereocenters. The van der Waals surface area contributed by atoms with Gasteiger partial charge in [-0.1, -0.05) is 0 Å². The number of nitrogens with two attached hydrogens (primary N) is 1. The van der Waals surface area contributed by atoms with Gasteiger partial charge < -0.3 is 15.8 Å². The van der Waals surface area contributed by atoms with Crippen molar-refractivity contribution in [3.63, 3.8) is 0 Å². The molecule has 0 bridgehead atoms. The smallest absolute Gasteiger partial charge is 0.309 e. The fraction of sp³-hybridized carbons (Fsp3) is 0.909. The van der Waals surface area contributed by atoms with Gasteiger partial charge in [-0.05, 0) is 52.7 Å². The van der Waals surface area contributed by atoms with Crippen molar-refractivity contribution in [2.24, 2.45) is 11.7 Å². The lowest BCUT2D eigenvalue weighted by atomic mass is 9.97. The molecule has 4 nitrogen and oxygen atoms in total. The van der Waals surface area contributed by atoms with Gasteiger partial charge in [-0.2, -0.15) is 0 Å². The molecule has 88 valence electrons. The van der Waals surface area contributed by atoms with E-state index in [9.17, 15) is 4.79 Å². The second-order valence-electron chi connectivity index (χ2n) is 4.74. The van der Waals surface area contributed by atoms with E-state index in [1.807, 2.05) is 13.8 Å². The van der Waals surface area contributed by atoms with Crippen molar-refractivity contribution >= 4 is 5.97 Å². The largest absolute Gasteiger partial charge is 0.459 e. The molecule has 0 spiro atoms. The number of piperidine rings is 1. The van der Waals surface area contributed by atoms with Crippen molar-refractivity contribution in [1.29, 1.82) is 0 Å². The quantitative estimate of drug-likeness (QED) is 0.675. The number of carbonyl (C=O) groups is 1. The maximum atomic E-state index is 11.8. The first-order valence-corrected chi connectivity index (χ1v) is 5.69. The third-order valence-electron chi connectivity index (χ3n) is 2.80. The first-order chi connectivity index (χ1) is 7.05. The molecule has 3 N–H and O–H groups in total. The lowest BCUT2D eigenvalue weighted by Gasteiger charge is -2.28. The van der Waals surface area contributed by atoms with Crippen molar-refractivity contribution in [3.8, 4) is 0 Å². The summed E-state index contributed by atoms with van der Waals surface area (Å²) in [6, 6.07) is 0. The molecule has 1 heterocycles. The predicted molar refractivity (Wildman–Crippen MR) is 59.4 cm³/mol. The Morgan fingerprint density at radius 2 is 2.07 bits per heavy atom. The Balaban J connectivity index is 2.39. The van der Waals surface area contributed by atoms with Crippen LogP contribution in [0.5, 0.6) is 0 Å². The van der Waals surface area contributed by atoms with Crippen LogP contribution in [0.4, 0.5) is 0 Å². The van der Waals surface area contributed by atoms with E-state index in [-0.39, 0.29) is 11.9 Å². The first kappa shape index (κ1) is 12.5. The molecule has 0 radical (unpaired) electrons. The highest BCUT2D eigenvalue weighted by atomic mass is 16.6. The summed E-state index contributed by atoms with van der Waals surface area (Å²) in [5.74, 6) is 0.0123. The normalized spacial score (nSPS) is 18.9. The van der Waals surface area contributed by atoms with Crippen molar-refractivity contribution in [2.75, 3.05) is 19.6 Å². The van der Waals surface area contributed by atoms with Crippen LogP contribution in [0.1, 0.15) is 33.1 Å². The van der Waals surface area contributed by atoms with Crippen LogP contribution in [0.15, 0.2) is 0 Å². The Morgan fingerprint density at radius 1 is 1.47 bits per heavy atom. The third-order valence-corrected chi connectivity index (χ3v) is 2.80. The maximum absolute atomic E-state index is 11.8. The minimum atomic E-state index is -0.420. The van der Waals surface area contributed by atoms with Crippen LogP contribution >= 0.6 is 0 Å². The van der Waals surface area contributed by atoms with Gasteiger partial charge in [0.1, 0.15) is 5.60 Å². The average molecular weight is 214 g/mol. The van der Waals surface area contributed by atoms with Crippen LogP contribution in [0.2, 0.25) is 0 Å². The number of nitrogens with one attached hydrogen (secondary N) is 1. The summed E-state index contributed by atoms with van der Waals surface area (Å²) in [5.41, 5.74) is 5.05. The number of rotatable bonds is 4. The van der Waals surface area contributed by atoms with E-state index in [1.165, 1.54) is 0 Å². The molecule has 1 fully saturated rings. The number of esters is 1. The van der Waals surface area contributed by atoms with E-state index >= 15 is 0 Å². The Hall–Kier alpha value is -0.610. The molecule has 4 heteroatoms. The SMILES string of the molecule is CC(C)(CCN)OC(=O)C1CCNCC1. The molecular formula is C11H22N2O2. The van der Waals surface area contributed by atoms with Gasteiger partial charge in [0.2, 0.25) is 0 Å². The molecular weight excluding hydrogens is 192 g/mol. The molecule has 1 aliphatic heterocycles. The van der Waals surface area contributed by atoms with Crippen LogP contribution in [0, 0.1) is 5.92 Å². The predicted octanol–water partition coefficient (Wildman–Crippen LogP) is 0.657. The standard InChI is InChI=1S/C11H22N2O2/c1-11(2,5-6-12)15-10(14)9-3-7-13-8-4-9/h9,13H,3-8,12H2,1-2H3. The molecule has 1 rings (SSSR count). The summed E-state index contributed by atoms with van der Waals surface area (Å²) in [6.07, 6.45) is 2.48. The topological polar surface area (TPSA) is 64.3 Å². The van der Waals surface area contributed by atoms with Gasteiger partial charge in [0.25, 0.3) is 0 Å². The van der Waals surface area contributed by atoms with Gasteiger partial charge in [-0.15, -0.1) is 0 Å². The first-order valence-electron chi connectivity index (χ1n) is 5.69. The molecule has 0 atom stereocenters. The van der Waals surface area contributed by atoms with Gasteiger partial charge in [0.05, 0.1) is 5.92 Å². The van der Waals surface area contributed by atoms with Gasteiger partial charge in [0, 0.05) is 0 Å². The summed E-state index contributed by atoms with van der Waals surface area (Å²) in [6.45, 7) is 6.21. The molecule has 0 aromatic rings. The van der Waals surface area contributed by atoms with Gasteiger partial charge >= 0.3 is 5.97 Å². The molecule has 0 amide bonds. The minimum absolute atomic E-state index is 0.0602. The lowest BCUT2D eigenvalue weighted by molar-refractivity contribution is -0.162. The number of hydrogen-bond acceptors (Lipinski definition) is 4. The van der Waals surface area contributed by atoms with Crippen molar-refractivity contribution in [2.45, 2.75) is 38.7 Å². The average Bonchev–Trinajstić information content (AvgIpc) is 2.18. The fourth-order valence-electron chi connectivity index (χ4n) is 1.81. The van der Waals surface area contributed by atoms with Gasteiger partial charge in [-0.25, -0.2) is 0 Å². The van der Waals surface area contributed by atoms with E-state index in [0.717, 1.165) is 25.9 Å². The van der Waals surface area contributed by atoms with E-state index in [1.54, 1.807) is 0 Å². The summed E-state index contributed by atoms with van der Waals surface area (Å²) in [4.78, 5) is 11.8. The minimum Gasteiger partial charge on any atom is -0.459 e. The molecule has 0 saturated carbocycles. The number of hydrogen-bond donors (Lipinski definition) is 2. The second kappa shape index (κ2) is 5.47. The highest BCUT2D eigenvalue weighted by Gasteiger charge is 2.28. The van der Waals surface area contributed by atoms with E-state index in [0.29, 0.717) is 13.0 Å². The molecule has 0 aliphatic carbocycles. The van der Waals surface area contributed by atoms with Crippen LogP contribution in [-0.2, 0) is 9.53 Å². The summed E-state index contributed by atoms with van der Waals surface area (Å²) >= 11 is 0. The van der Waals surface area contributed by atoms with E-state index in [2.05, 4.69) is 5.32 Å². The van der Waals surface area contributed by atoms with E-state index in [4.69, 9.17) is 10.5 Å². The zero-order valence-electron chi connectivity index (χ0n) is 9.71. The number of carbonyl (C=O) groups excluding carboxylic acids is 1. The molecule has 15 heavy (non-hydrogen) atoms. The zero-order valence-corrected chi connectivity index (χ0v) is 9.71. The van der Waals surface area contributed by atoms with E-state index < -0.39 is 5.60 Å². The lowest BCUT2D eigenvalue weighted by Crippen LogP contribution is -2.37. The number of ether oxygens (including phenoxy) is 1. The molecule has 1 saturated heterocycles. The molecule has 0 aromatic heterocycles. The highest BCUT2D eigenvalue weighted by Crippen LogP contribution is 2.20. The zero-order chi connectivity index (χ0) is 11.3. The summed E-state index contributed by atoms with van der Waals surface area (Å²) in [5, 5.41) is 3.23. The monoisotopic (exact) mass is 214 g/mol. The van der Waals surface area contributed by atoms with Crippen molar-refractivity contribution in [3.05, 3.63) is 0 Å². The Morgan fingerprint density at radius 3 is 2.60 bits per heavy atom. The second-order valence-corrected chi connectivity index (χ2v) is 4.74. The molecule has 1 aliphatic rings. The maximum Gasteiger partial charge on any atom is 0.309 e. The van der Waals surface area contributed by atoms with Crippen LogP contribution in [-0.4, -0.2) is 31.2 Å². The highest BCUT2D eigenvalue weighted by molar-refractivity contribution is 5.73. The Kier molecular flexibility index (Phi) is 4.54. The fourth-order valence-corrected chi connectivity index (χ4v) is 1.81. The summed E-state index contributed by atoms with van der Waals surface area (Å²) < 4.78 is 5.47. The van der Waals surface area contributed by atoms with Crippen LogP contribution < -0.4 is 11.1 Å². The third kappa shape index (κ3) is 4.18. The Bertz CT molecular complexity index is 211. The van der Waals surface area contributed by atoms with Crippen molar-refractivity contribution in [1.82, 2.24) is 5.32 Å². The Labute approximate surface area is 91.5 Å². The molecule has 0 aromatic carbocycles. The van der Waals surface area contributed by atoms with Crippen LogP contribution in [0.3, 0.4) is 0 Å². The van der Waals surface area contributed by atoms with Gasteiger partial charge in [-0.3, -0.25) is 4.79 Å². The van der Waals surface area contributed by atoms with Gasteiger partial charge in [0.15, 0.2) is 0 Å².